The molecule has 14 heteroatoms. The van der Waals surface area contributed by atoms with Crippen molar-refractivity contribution in [2.24, 2.45) is 0 Å². The van der Waals surface area contributed by atoms with Crippen LogP contribution in [0.15, 0.2) is 60.7 Å². The van der Waals surface area contributed by atoms with Crippen LogP contribution in [0.3, 0.4) is 0 Å². The van der Waals surface area contributed by atoms with Crippen LogP contribution in [-0.4, -0.2) is 82.0 Å². The van der Waals surface area contributed by atoms with E-state index in [0.717, 1.165) is 37.1 Å². The van der Waals surface area contributed by atoms with Crippen LogP contribution >= 0.6 is 0 Å². The van der Waals surface area contributed by atoms with E-state index < -0.39 is 67.0 Å². The van der Waals surface area contributed by atoms with E-state index in [1.807, 2.05) is 36.4 Å². The van der Waals surface area contributed by atoms with Gasteiger partial charge < -0.3 is 29.0 Å². The highest BCUT2D eigenvalue weighted by molar-refractivity contribution is 6.03. The maximum absolute atomic E-state index is 13.4. The van der Waals surface area contributed by atoms with Gasteiger partial charge in [-0.3, -0.25) is 24.0 Å². The van der Waals surface area contributed by atoms with E-state index in [1.165, 1.54) is 11.7 Å². The molecule has 0 radical (unpaired) electrons. The van der Waals surface area contributed by atoms with Gasteiger partial charge >= 0.3 is 23.9 Å². The number of rotatable bonds is 8. The molecule has 1 amide bonds. The van der Waals surface area contributed by atoms with Crippen LogP contribution < -0.4 is 5.32 Å². The van der Waals surface area contributed by atoms with E-state index in [0.29, 0.717) is 11.2 Å². The van der Waals surface area contributed by atoms with Crippen molar-refractivity contribution in [2.75, 3.05) is 6.61 Å². The second-order valence-corrected chi connectivity index (χ2v) is 10.3. The zero-order valence-corrected chi connectivity index (χ0v) is 24.8. The number of fused-ring (bicyclic) bond motifs is 3. The molecule has 1 fully saturated rings. The molecule has 2 heterocycles. The fourth-order valence-corrected chi connectivity index (χ4v) is 5.07. The van der Waals surface area contributed by atoms with Gasteiger partial charge in [0.15, 0.2) is 24.5 Å². The van der Waals surface area contributed by atoms with E-state index in [-0.39, 0.29) is 5.56 Å². The summed E-state index contributed by atoms with van der Waals surface area (Å²) in [4.78, 5) is 62.4. The average Bonchev–Trinajstić information content (AvgIpc) is 3.44. The SMILES string of the molecule is CC(=O)OC[C@H]1O[C@@H](NC(=O)c2ccc(-n3nc4ccc5ccccc5c4n3)cc2)[C@H](OC(C)=O)[C@@H](OC(C)=O)[C@@H]1OC(C)=O. The highest BCUT2D eigenvalue weighted by Gasteiger charge is 2.52. The Morgan fingerprint density at radius 1 is 0.756 bits per heavy atom. The van der Waals surface area contributed by atoms with Gasteiger partial charge in [-0.1, -0.05) is 30.3 Å². The number of nitrogens with one attached hydrogen (secondary N) is 1. The number of benzene rings is 3. The fraction of sp³-hybridized carbons (Fsp3) is 0.323. The number of nitrogens with zero attached hydrogens (tertiary/aromatic N) is 3. The second kappa shape index (κ2) is 13.1. The van der Waals surface area contributed by atoms with Crippen molar-refractivity contribution in [2.45, 2.75) is 58.3 Å². The molecule has 0 saturated carbocycles. The Morgan fingerprint density at radius 2 is 1.40 bits per heavy atom. The van der Waals surface area contributed by atoms with Crippen molar-refractivity contribution in [3.63, 3.8) is 0 Å². The topological polar surface area (TPSA) is 174 Å². The van der Waals surface area contributed by atoms with Gasteiger partial charge in [-0.25, -0.2) is 0 Å². The van der Waals surface area contributed by atoms with E-state index in [2.05, 4.69) is 15.5 Å². The van der Waals surface area contributed by atoms with Crippen molar-refractivity contribution in [3.05, 3.63) is 66.2 Å². The first kappa shape index (κ1) is 31.1. The number of carbonyl (C=O) groups excluding carboxylic acids is 5. The molecule has 1 saturated heterocycles. The van der Waals surface area contributed by atoms with Crippen LogP contribution in [0.1, 0.15) is 38.1 Å². The van der Waals surface area contributed by atoms with Crippen LogP contribution in [0, 0.1) is 0 Å². The molecule has 4 aromatic rings. The summed E-state index contributed by atoms with van der Waals surface area (Å²) in [6.45, 7) is 4.10. The summed E-state index contributed by atoms with van der Waals surface area (Å²) < 4.78 is 27.2. The zero-order chi connectivity index (χ0) is 32.2. The van der Waals surface area contributed by atoms with E-state index >= 15 is 0 Å². The molecule has 3 aromatic carbocycles. The third-order valence-electron chi connectivity index (χ3n) is 6.90. The normalized spacial score (nSPS) is 21.1. The van der Waals surface area contributed by atoms with Crippen LogP contribution in [0.2, 0.25) is 0 Å². The van der Waals surface area contributed by atoms with Gasteiger partial charge in [0, 0.05) is 38.6 Å². The number of ether oxygens (including phenoxy) is 5. The summed E-state index contributed by atoms with van der Waals surface area (Å²) in [6.07, 6.45) is -6.77. The summed E-state index contributed by atoms with van der Waals surface area (Å²) in [5, 5.41) is 13.8. The molecule has 0 unspecified atom stereocenters. The van der Waals surface area contributed by atoms with Crippen LogP contribution in [0.5, 0.6) is 0 Å². The van der Waals surface area contributed by atoms with Crippen LogP contribution in [0.4, 0.5) is 0 Å². The lowest BCUT2D eigenvalue weighted by atomic mass is 9.97. The molecule has 1 aromatic heterocycles. The van der Waals surface area contributed by atoms with Gasteiger partial charge in [0.2, 0.25) is 0 Å². The summed E-state index contributed by atoms with van der Waals surface area (Å²) in [7, 11) is 0. The molecule has 0 bridgehead atoms. The molecular weight excluding hydrogens is 588 g/mol. The van der Waals surface area contributed by atoms with Crippen molar-refractivity contribution in [3.8, 4) is 5.69 Å². The second-order valence-electron chi connectivity index (χ2n) is 10.3. The molecule has 1 aliphatic heterocycles. The molecule has 14 nitrogen and oxygen atoms in total. The highest BCUT2D eigenvalue weighted by atomic mass is 16.7. The first-order chi connectivity index (χ1) is 21.5. The summed E-state index contributed by atoms with van der Waals surface area (Å²) >= 11 is 0. The van der Waals surface area contributed by atoms with E-state index in [9.17, 15) is 24.0 Å². The van der Waals surface area contributed by atoms with Gasteiger partial charge in [-0.2, -0.15) is 4.80 Å². The number of aromatic nitrogens is 3. The average molecular weight is 619 g/mol. The van der Waals surface area contributed by atoms with Crippen molar-refractivity contribution in [1.82, 2.24) is 20.3 Å². The monoisotopic (exact) mass is 618 g/mol. The van der Waals surface area contributed by atoms with E-state index in [1.54, 1.807) is 24.3 Å². The first-order valence-corrected chi connectivity index (χ1v) is 14.0. The highest BCUT2D eigenvalue weighted by Crippen LogP contribution is 2.29. The third-order valence-corrected chi connectivity index (χ3v) is 6.90. The third kappa shape index (κ3) is 7.07. The minimum atomic E-state index is -1.43. The predicted octanol–water partition coefficient (Wildman–Crippen LogP) is 2.39. The Morgan fingerprint density at radius 3 is 2.07 bits per heavy atom. The Kier molecular flexibility index (Phi) is 9.04. The molecule has 1 N–H and O–H groups in total. The van der Waals surface area contributed by atoms with Gasteiger partial charge in [0.1, 0.15) is 23.7 Å². The van der Waals surface area contributed by atoms with Crippen molar-refractivity contribution in [1.29, 1.82) is 0 Å². The Labute approximate surface area is 256 Å². The molecule has 1 aliphatic rings. The first-order valence-electron chi connectivity index (χ1n) is 14.0. The van der Waals surface area contributed by atoms with Gasteiger partial charge in [0.25, 0.3) is 5.91 Å². The fourth-order valence-electron chi connectivity index (χ4n) is 5.07. The maximum Gasteiger partial charge on any atom is 0.303 e. The molecule has 0 aliphatic carbocycles. The molecule has 5 rings (SSSR count). The minimum Gasteiger partial charge on any atom is -0.463 e. The predicted molar refractivity (Wildman–Crippen MR) is 156 cm³/mol. The quantitative estimate of drug-likeness (QED) is 0.226. The zero-order valence-electron chi connectivity index (χ0n) is 24.8. The number of hydrogen-bond donors (Lipinski definition) is 1. The summed E-state index contributed by atoms with van der Waals surface area (Å²) in [5.41, 5.74) is 2.24. The number of hydrogen-bond acceptors (Lipinski definition) is 12. The van der Waals surface area contributed by atoms with Gasteiger partial charge in [-0.15, -0.1) is 10.2 Å². The summed E-state index contributed by atoms with van der Waals surface area (Å²) in [6, 6.07) is 18.1. The Hall–Kier alpha value is -5.37. The smallest absolute Gasteiger partial charge is 0.303 e. The molecule has 5 atom stereocenters. The van der Waals surface area contributed by atoms with Gasteiger partial charge in [-0.05, 0) is 35.7 Å². The van der Waals surface area contributed by atoms with Crippen LogP contribution in [-0.2, 0) is 42.9 Å². The maximum atomic E-state index is 13.4. The Balaban J connectivity index is 1.40. The lowest BCUT2D eigenvalue weighted by Gasteiger charge is -2.44. The lowest BCUT2D eigenvalue weighted by molar-refractivity contribution is -0.255. The van der Waals surface area contributed by atoms with Crippen molar-refractivity contribution < 1.29 is 47.7 Å². The molecule has 234 valence electrons. The van der Waals surface area contributed by atoms with Crippen LogP contribution in [0.25, 0.3) is 27.5 Å². The van der Waals surface area contributed by atoms with Gasteiger partial charge in [0.05, 0.1) is 5.69 Å². The number of esters is 4. The van der Waals surface area contributed by atoms with E-state index in [4.69, 9.17) is 23.7 Å². The molecule has 45 heavy (non-hydrogen) atoms. The summed E-state index contributed by atoms with van der Waals surface area (Å²) in [5.74, 6) is -3.61. The van der Waals surface area contributed by atoms with Crippen molar-refractivity contribution >= 4 is 51.6 Å². The minimum absolute atomic E-state index is 0.203. The molecule has 0 spiro atoms. The molecular formula is C31H30N4O10. The Bertz CT molecular complexity index is 1770. The standard InChI is InChI=1S/C31H30N4O10/c1-16(36)41-15-25-27(42-17(2)37)28(43-18(3)38)29(44-19(4)39)31(45-25)32-30(40)21-9-12-22(13-10-21)35-33-24-14-11-20-7-5-6-8-23(20)26(24)34-35/h5-14,25,27-29,31H,15H2,1-4H3,(H,32,40)/t25-,27-,28+,29-,31-/m1/s1. The number of amides is 1. The largest absolute Gasteiger partial charge is 0.463 e. The lowest BCUT2D eigenvalue weighted by Crippen LogP contribution is -2.66. The number of carbonyl (C=O) groups is 5.